The minimum absolute atomic E-state index is 0.870. The zero-order valence-electron chi connectivity index (χ0n) is 10.0. The molecule has 0 amide bonds. The number of nitrogens with zero attached hydrogens (tertiary/aromatic N) is 2. The van der Waals surface area contributed by atoms with Gasteiger partial charge in [-0.05, 0) is 18.4 Å². The second kappa shape index (κ2) is 6.45. The topological polar surface area (TPSA) is 41.6 Å². The summed E-state index contributed by atoms with van der Waals surface area (Å²) in [7, 11) is 0. The summed E-state index contributed by atoms with van der Waals surface area (Å²) in [6, 6.07) is 10.6. The Morgan fingerprint density at radius 2 is 2.06 bits per heavy atom. The number of aromatic nitrogens is 3. The van der Waals surface area contributed by atoms with Crippen molar-refractivity contribution in [3.63, 3.8) is 0 Å². The predicted molar refractivity (Wildman–Crippen MR) is 71.2 cm³/mol. The SMILES string of the molecule is CCc1nc(SCCCc2ccccc2)n[nH]1. The molecule has 0 aliphatic rings. The summed E-state index contributed by atoms with van der Waals surface area (Å²) < 4.78 is 0. The van der Waals surface area contributed by atoms with Crippen LogP contribution >= 0.6 is 11.8 Å². The Hall–Kier alpha value is -1.29. The molecule has 0 bridgehead atoms. The van der Waals surface area contributed by atoms with E-state index < -0.39 is 0 Å². The van der Waals surface area contributed by atoms with Crippen LogP contribution in [0.5, 0.6) is 0 Å². The van der Waals surface area contributed by atoms with Crippen molar-refractivity contribution >= 4 is 11.8 Å². The number of aromatic amines is 1. The van der Waals surface area contributed by atoms with Crippen LogP contribution in [0.25, 0.3) is 0 Å². The van der Waals surface area contributed by atoms with Crippen molar-refractivity contribution in [1.82, 2.24) is 15.2 Å². The Labute approximate surface area is 106 Å². The molecule has 1 aromatic heterocycles. The number of aryl methyl sites for hydroxylation is 2. The summed E-state index contributed by atoms with van der Waals surface area (Å²) in [5, 5.41) is 7.96. The van der Waals surface area contributed by atoms with Crippen molar-refractivity contribution in [3.8, 4) is 0 Å². The van der Waals surface area contributed by atoms with Gasteiger partial charge < -0.3 is 0 Å². The number of H-pyrrole nitrogens is 1. The zero-order valence-corrected chi connectivity index (χ0v) is 10.8. The fraction of sp³-hybridized carbons (Fsp3) is 0.385. The van der Waals surface area contributed by atoms with Gasteiger partial charge in [0.1, 0.15) is 5.82 Å². The van der Waals surface area contributed by atoms with Crippen LogP contribution in [0.3, 0.4) is 0 Å². The second-order valence-electron chi connectivity index (χ2n) is 3.86. The molecule has 0 radical (unpaired) electrons. The van der Waals surface area contributed by atoms with E-state index in [2.05, 4.69) is 52.4 Å². The van der Waals surface area contributed by atoms with Crippen molar-refractivity contribution in [3.05, 3.63) is 41.7 Å². The van der Waals surface area contributed by atoms with Crippen LogP contribution in [0, 0.1) is 0 Å². The van der Waals surface area contributed by atoms with Crippen LogP contribution in [0.15, 0.2) is 35.5 Å². The number of thioether (sulfide) groups is 1. The van der Waals surface area contributed by atoms with Crippen LogP contribution in [0.2, 0.25) is 0 Å². The Morgan fingerprint density at radius 1 is 1.24 bits per heavy atom. The van der Waals surface area contributed by atoms with Gasteiger partial charge in [0.2, 0.25) is 5.16 Å². The van der Waals surface area contributed by atoms with Crippen molar-refractivity contribution < 1.29 is 0 Å². The highest BCUT2D eigenvalue weighted by Gasteiger charge is 2.01. The number of hydrogen-bond acceptors (Lipinski definition) is 3. The van der Waals surface area contributed by atoms with Gasteiger partial charge in [0.15, 0.2) is 0 Å². The normalized spacial score (nSPS) is 10.6. The number of nitrogens with one attached hydrogen (secondary N) is 1. The minimum Gasteiger partial charge on any atom is -0.262 e. The van der Waals surface area contributed by atoms with E-state index in [0.717, 1.165) is 36.0 Å². The maximum Gasteiger partial charge on any atom is 0.208 e. The van der Waals surface area contributed by atoms with Crippen LogP contribution in [-0.2, 0) is 12.8 Å². The van der Waals surface area contributed by atoms with E-state index in [1.54, 1.807) is 11.8 Å². The molecule has 17 heavy (non-hydrogen) atoms. The molecule has 2 rings (SSSR count). The van der Waals surface area contributed by atoms with E-state index in [9.17, 15) is 0 Å². The van der Waals surface area contributed by atoms with Gasteiger partial charge in [-0.3, -0.25) is 5.10 Å². The molecular weight excluding hydrogens is 230 g/mol. The average molecular weight is 247 g/mol. The van der Waals surface area contributed by atoms with E-state index in [-0.39, 0.29) is 0 Å². The fourth-order valence-corrected chi connectivity index (χ4v) is 2.34. The van der Waals surface area contributed by atoms with Gasteiger partial charge in [-0.1, -0.05) is 49.0 Å². The molecule has 0 fully saturated rings. The molecular formula is C13H17N3S. The Bertz CT molecular complexity index is 439. The highest BCUT2D eigenvalue weighted by molar-refractivity contribution is 7.99. The van der Waals surface area contributed by atoms with E-state index in [1.807, 2.05) is 0 Å². The minimum atomic E-state index is 0.870. The smallest absolute Gasteiger partial charge is 0.208 e. The first-order valence-corrected chi connectivity index (χ1v) is 6.95. The van der Waals surface area contributed by atoms with Crippen LogP contribution in [-0.4, -0.2) is 20.9 Å². The molecule has 0 aliphatic carbocycles. The van der Waals surface area contributed by atoms with Crippen LogP contribution < -0.4 is 0 Å². The second-order valence-corrected chi connectivity index (χ2v) is 4.92. The maximum atomic E-state index is 4.37. The molecule has 4 heteroatoms. The molecule has 0 unspecified atom stereocenters. The van der Waals surface area contributed by atoms with E-state index >= 15 is 0 Å². The predicted octanol–water partition coefficient (Wildman–Crippen LogP) is 3.09. The summed E-state index contributed by atoms with van der Waals surface area (Å²) in [5.41, 5.74) is 1.40. The third-order valence-corrected chi connectivity index (χ3v) is 3.46. The third kappa shape index (κ3) is 3.89. The molecule has 0 aliphatic heterocycles. The lowest BCUT2D eigenvalue weighted by Gasteiger charge is -1.99. The number of benzene rings is 1. The molecule has 2 aromatic rings. The lowest BCUT2D eigenvalue weighted by Crippen LogP contribution is -1.88. The first-order chi connectivity index (χ1) is 8.38. The van der Waals surface area contributed by atoms with Gasteiger partial charge in [-0.25, -0.2) is 4.98 Å². The van der Waals surface area contributed by atoms with Gasteiger partial charge in [0, 0.05) is 12.2 Å². The third-order valence-electron chi connectivity index (χ3n) is 2.53. The molecule has 3 nitrogen and oxygen atoms in total. The summed E-state index contributed by atoms with van der Waals surface area (Å²) in [6.45, 7) is 2.07. The van der Waals surface area contributed by atoms with E-state index in [4.69, 9.17) is 0 Å². The largest absolute Gasteiger partial charge is 0.262 e. The highest BCUT2D eigenvalue weighted by Crippen LogP contribution is 2.15. The maximum absolute atomic E-state index is 4.37. The first kappa shape index (κ1) is 12.2. The highest BCUT2D eigenvalue weighted by atomic mass is 32.2. The molecule has 0 atom stereocenters. The summed E-state index contributed by atoms with van der Waals surface area (Å²) >= 11 is 1.72. The molecule has 1 N–H and O–H groups in total. The first-order valence-electron chi connectivity index (χ1n) is 5.96. The van der Waals surface area contributed by atoms with Crippen molar-refractivity contribution in [2.45, 2.75) is 31.3 Å². The van der Waals surface area contributed by atoms with Crippen molar-refractivity contribution in [2.75, 3.05) is 5.75 Å². The summed E-state index contributed by atoms with van der Waals surface area (Å²) in [6.07, 6.45) is 3.20. The molecule has 0 spiro atoms. The van der Waals surface area contributed by atoms with E-state index in [0.29, 0.717) is 0 Å². The van der Waals surface area contributed by atoms with Gasteiger partial charge in [0.05, 0.1) is 0 Å². The lowest BCUT2D eigenvalue weighted by atomic mass is 10.1. The number of rotatable bonds is 6. The number of hydrogen-bond donors (Lipinski definition) is 1. The molecule has 0 saturated carbocycles. The molecule has 1 aromatic carbocycles. The quantitative estimate of drug-likeness (QED) is 0.630. The molecule has 1 heterocycles. The average Bonchev–Trinajstić information content (AvgIpc) is 2.84. The molecule has 90 valence electrons. The zero-order chi connectivity index (χ0) is 11.9. The van der Waals surface area contributed by atoms with E-state index in [1.165, 1.54) is 5.56 Å². The summed E-state index contributed by atoms with van der Waals surface area (Å²) in [5.74, 6) is 2.03. The fourth-order valence-electron chi connectivity index (χ4n) is 1.58. The Balaban J connectivity index is 1.69. The van der Waals surface area contributed by atoms with Gasteiger partial charge in [0.25, 0.3) is 0 Å². The van der Waals surface area contributed by atoms with Crippen molar-refractivity contribution in [2.24, 2.45) is 0 Å². The monoisotopic (exact) mass is 247 g/mol. The van der Waals surface area contributed by atoms with Gasteiger partial charge in [-0.2, -0.15) is 0 Å². The van der Waals surface area contributed by atoms with Crippen molar-refractivity contribution in [1.29, 1.82) is 0 Å². The van der Waals surface area contributed by atoms with Crippen LogP contribution in [0.4, 0.5) is 0 Å². The Morgan fingerprint density at radius 3 is 2.76 bits per heavy atom. The Kier molecular flexibility index (Phi) is 4.62. The lowest BCUT2D eigenvalue weighted by molar-refractivity contribution is 0.920. The summed E-state index contributed by atoms with van der Waals surface area (Å²) in [4.78, 5) is 4.37. The van der Waals surface area contributed by atoms with Crippen LogP contribution in [0.1, 0.15) is 24.7 Å². The van der Waals surface area contributed by atoms with Gasteiger partial charge in [-0.15, -0.1) is 5.10 Å². The standard InChI is InChI=1S/C13H17N3S/c1-2-12-14-13(16-15-12)17-10-6-9-11-7-4-3-5-8-11/h3-5,7-8H,2,6,9-10H2,1H3,(H,14,15,16). The van der Waals surface area contributed by atoms with Gasteiger partial charge >= 0.3 is 0 Å². The molecule has 0 saturated heterocycles.